The van der Waals surface area contributed by atoms with E-state index in [0.29, 0.717) is 17.9 Å². The first-order valence-electron chi connectivity index (χ1n) is 13.3. The fraction of sp³-hybridized carbons (Fsp3) is 0.375. The molecular formula is C32H40N2O4. The lowest BCUT2D eigenvalue weighted by molar-refractivity contribution is -0.143. The fourth-order valence-corrected chi connectivity index (χ4v) is 4.27. The number of hydrogen-bond acceptors (Lipinski definition) is 4. The van der Waals surface area contributed by atoms with Gasteiger partial charge in [0, 0.05) is 19.0 Å². The number of rotatable bonds is 13. The molecule has 0 bridgehead atoms. The molecule has 2 amide bonds. The number of nitrogens with zero attached hydrogens (tertiary/aromatic N) is 1. The van der Waals surface area contributed by atoms with Crippen LogP contribution in [0.25, 0.3) is 0 Å². The maximum absolute atomic E-state index is 13.8. The number of amides is 2. The highest BCUT2D eigenvalue weighted by atomic mass is 16.5. The highest BCUT2D eigenvalue weighted by Crippen LogP contribution is 2.26. The zero-order chi connectivity index (χ0) is 27.5. The highest BCUT2D eigenvalue weighted by molar-refractivity contribution is 5.88. The van der Waals surface area contributed by atoms with Crippen molar-refractivity contribution in [2.45, 2.75) is 65.1 Å². The van der Waals surface area contributed by atoms with Gasteiger partial charge >= 0.3 is 0 Å². The third-order valence-corrected chi connectivity index (χ3v) is 6.65. The van der Waals surface area contributed by atoms with Gasteiger partial charge in [-0.25, -0.2) is 0 Å². The Bertz CT molecular complexity index is 1180. The molecule has 6 nitrogen and oxygen atoms in total. The third-order valence-electron chi connectivity index (χ3n) is 6.65. The van der Waals surface area contributed by atoms with E-state index in [9.17, 15) is 9.59 Å². The Labute approximate surface area is 227 Å². The summed E-state index contributed by atoms with van der Waals surface area (Å²) in [4.78, 5) is 29.1. The smallest absolute Gasteiger partial charge is 0.261 e. The van der Waals surface area contributed by atoms with Gasteiger partial charge in [0.05, 0.1) is 7.11 Å². The van der Waals surface area contributed by atoms with Crippen LogP contribution in [-0.2, 0) is 22.6 Å². The normalized spacial score (nSPS) is 12.5. The third kappa shape index (κ3) is 8.10. The summed E-state index contributed by atoms with van der Waals surface area (Å²) in [5, 5.41) is 3.09. The molecule has 0 aliphatic rings. The Morgan fingerprint density at radius 2 is 1.58 bits per heavy atom. The predicted molar refractivity (Wildman–Crippen MR) is 151 cm³/mol. The number of ether oxygens (including phenoxy) is 2. The van der Waals surface area contributed by atoms with Gasteiger partial charge in [0.1, 0.15) is 17.5 Å². The molecule has 0 saturated heterocycles. The Morgan fingerprint density at radius 1 is 0.895 bits per heavy atom. The minimum absolute atomic E-state index is 0.0105. The average molecular weight is 517 g/mol. The van der Waals surface area contributed by atoms with Crippen molar-refractivity contribution in [2.75, 3.05) is 13.7 Å². The zero-order valence-electron chi connectivity index (χ0n) is 23.1. The van der Waals surface area contributed by atoms with Gasteiger partial charge in [-0.05, 0) is 54.2 Å². The minimum Gasteiger partial charge on any atom is -0.497 e. The highest BCUT2D eigenvalue weighted by Gasteiger charge is 2.31. The van der Waals surface area contributed by atoms with E-state index in [0.717, 1.165) is 23.1 Å². The van der Waals surface area contributed by atoms with Gasteiger partial charge in [-0.2, -0.15) is 0 Å². The van der Waals surface area contributed by atoms with Gasteiger partial charge in [-0.3, -0.25) is 9.59 Å². The molecule has 0 fully saturated rings. The molecule has 0 radical (unpaired) electrons. The summed E-state index contributed by atoms with van der Waals surface area (Å²) in [5.74, 6) is 1.19. The van der Waals surface area contributed by atoms with E-state index in [4.69, 9.17) is 9.47 Å². The lowest BCUT2D eigenvalue weighted by atomic mass is 10.0. The van der Waals surface area contributed by atoms with E-state index >= 15 is 0 Å². The van der Waals surface area contributed by atoms with E-state index in [-0.39, 0.29) is 36.9 Å². The standard InChI is InChI=1S/C32H40N2O4/c1-6-24(4)33-32(36)29(20-25-13-8-7-9-14-25)34(21-26-15-12-16-27(19-26)37-5)31(35)22-38-30-18-11-10-17-28(30)23(2)3/h7-19,23-24,29H,6,20-22H2,1-5H3,(H,33,36)/t24-,29+/m0/s1. The number of carbonyl (C=O) groups excluding carboxylic acids is 2. The zero-order valence-corrected chi connectivity index (χ0v) is 23.1. The molecule has 0 heterocycles. The summed E-state index contributed by atoms with van der Waals surface area (Å²) in [7, 11) is 1.61. The van der Waals surface area contributed by atoms with E-state index < -0.39 is 6.04 Å². The van der Waals surface area contributed by atoms with E-state index in [1.807, 2.05) is 92.7 Å². The van der Waals surface area contributed by atoms with Crippen molar-refractivity contribution >= 4 is 11.8 Å². The average Bonchev–Trinajstić information content (AvgIpc) is 2.94. The first kappa shape index (κ1) is 28.8. The molecule has 3 rings (SSSR count). The van der Waals surface area contributed by atoms with E-state index in [1.54, 1.807) is 12.0 Å². The molecule has 1 N–H and O–H groups in total. The van der Waals surface area contributed by atoms with Gasteiger partial charge in [-0.15, -0.1) is 0 Å². The lowest BCUT2D eigenvalue weighted by Gasteiger charge is -2.32. The van der Waals surface area contributed by atoms with Crippen molar-refractivity contribution in [1.29, 1.82) is 0 Å². The van der Waals surface area contributed by atoms with Crippen LogP contribution in [0, 0.1) is 0 Å². The molecule has 2 atom stereocenters. The largest absolute Gasteiger partial charge is 0.497 e. The SMILES string of the molecule is CC[C@H](C)NC(=O)[C@@H](Cc1ccccc1)N(Cc1cccc(OC)c1)C(=O)COc1ccccc1C(C)C. The van der Waals surface area contributed by atoms with Crippen LogP contribution in [-0.4, -0.2) is 42.5 Å². The molecule has 0 unspecified atom stereocenters. The Kier molecular flexibility index (Phi) is 10.8. The van der Waals surface area contributed by atoms with Crippen LogP contribution >= 0.6 is 0 Å². The molecule has 6 heteroatoms. The quantitative estimate of drug-likeness (QED) is 0.314. The lowest BCUT2D eigenvalue weighted by Crippen LogP contribution is -2.53. The predicted octanol–water partition coefficient (Wildman–Crippen LogP) is 5.75. The Balaban J connectivity index is 1.95. The second-order valence-electron chi connectivity index (χ2n) is 9.88. The van der Waals surface area contributed by atoms with Gasteiger partial charge in [0.15, 0.2) is 6.61 Å². The second-order valence-corrected chi connectivity index (χ2v) is 9.88. The van der Waals surface area contributed by atoms with Crippen molar-refractivity contribution in [3.05, 3.63) is 95.6 Å². The van der Waals surface area contributed by atoms with Gasteiger partial charge in [-0.1, -0.05) is 81.4 Å². The molecule has 0 aliphatic carbocycles. The van der Waals surface area contributed by atoms with Crippen LogP contribution in [0.1, 0.15) is 56.7 Å². The first-order chi connectivity index (χ1) is 18.3. The molecule has 0 saturated carbocycles. The molecule has 0 aromatic heterocycles. The van der Waals surface area contributed by atoms with E-state index in [2.05, 4.69) is 19.2 Å². The molecular weight excluding hydrogens is 476 g/mol. The summed E-state index contributed by atoms with van der Waals surface area (Å²) in [6.07, 6.45) is 1.18. The number of nitrogens with one attached hydrogen (secondary N) is 1. The van der Waals surface area contributed by atoms with Crippen molar-refractivity contribution in [2.24, 2.45) is 0 Å². The van der Waals surface area contributed by atoms with Crippen molar-refractivity contribution in [1.82, 2.24) is 10.2 Å². The first-order valence-corrected chi connectivity index (χ1v) is 13.3. The second kappa shape index (κ2) is 14.2. The monoisotopic (exact) mass is 516 g/mol. The number of hydrogen-bond donors (Lipinski definition) is 1. The van der Waals surface area contributed by atoms with Crippen molar-refractivity contribution < 1.29 is 19.1 Å². The number of para-hydroxylation sites is 1. The van der Waals surface area contributed by atoms with Crippen molar-refractivity contribution in [3.8, 4) is 11.5 Å². The van der Waals surface area contributed by atoms with Gasteiger partial charge in [0.25, 0.3) is 5.91 Å². The molecule has 0 spiro atoms. The van der Waals surface area contributed by atoms with Crippen LogP contribution in [0.5, 0.6) is 11.5 Å². The fourth-order valence-electron chi connectivity index (χ4n) is 4.27. The molecule has 3 aromatic carbocycles. The van der Waals surface area contributed by atoms with Crippen LogP contribution in [0.2, 0.25) is 0 Å². The number of methoxy groups -OCH3 is 1. The molecule has 0 aliphatic heterocycles. The molecule has 38 heavy (non-hydrogen) atoms. The summed E-state index contributed by atoms with van der Waals surface area (Å²) >= 11 is 0. The summed E-state index contributed by atoms with van der Waals surface area (Å²) < 4.78 is 11.5. The maximum Gasteiger partial charge on any atom is 0.261 e. The summed E-state index contributed by atoms with van der Waals surface area (Å²) in [6, 6.07) is 24.4. The van der Waals surface area contributed by atoms with Crippen LogP contribution in [0.4, 0.5) is 0 Å². The molecule has 3 aromatic rings. The Hall–Kier alpha value is -3.80. The van der Waals surface area contributed by atoms with Crippen molar-refractivity contribution in [3.63, 3.8) is 0 Å². The Morgan fingerprint density at radius 3 is 2.26 bits per heavy atom. The van der Waals surface area contributed by atoms with Crippen LogP contribution in [0.15, 0.2) is 78.9 Å². The summed E-state index contributed by atoms with van der Waals surface area (Å²) in [6.45, 7) is 8.25. The van der Waals surface area contributed by atoms with Crippen LogP contribution in [0.3, 0.4) is 0 Å². The number of benzene rings is 3. The van der Waals surface area contributed by atoms with Gasteiger partial charge in [0.2, 0.25) is 5.91 Å². The maximum atomic E-state index is 13.8. The van der Waals surface area contributed by atoms with Gasteiger partial charge < -0.3 is 19.7 Å². The topological polar surface area (TPSA) is 67.9 Å². The summed E-state index contributed by atoms with van der Waals surface area (Å²) in [5.41, 5.74) is 2.89. The number of carbonyl (C=O) groups is 2. The van der Waals surface area contributed by atoms with E-state index in [1.165, 1.54) is 0 Å². The van der Waals surface area contributed by atoms with Crippen LogP contribution < -0.4 is 14.8 Å². The molecule has 202 valence electrons. The minimum atomic E-state index is -0.714.